The van der Waals surface area contributed by atoms with Gasteiger partial charge in [0.2, 0.25) is 5.91 Å². The lowest BCUT2D eigenvalue weighted by molar-refractivity contribution is -0.133. The van der Waals surface area contributed by atoms with E-state index in [2.05, 4.69) is 17.0 Å². The topological polar surface area (TPSA) is 23.6 Å². The van der Waals surface area contributed by atoms with Crippen LogP contribution < -0.4 is 4.90 Å². The lowest BCUT2D eigenvalue weighted by atomic mass is 9.97. The lowest BCUT2D eigenvalue weighted by Crippen LogP contribution is -2.51. The highest BCUT2D eigenvalue weighted by Gasteiger charge is 2.33. The predicted octanol–water partition coefficient (Wildman–Crippen LogP) is 6.50. The van der Waals surface area contributed by atoms with Crippen molar-refractivity contribution >= 4 is 34.8 Å². The number of amides is 1. The molecule has 1 unspecified atom stereocenters. The van der Waals surface area contributed by atoms with Crippen LogP contribution in [0.2, 0.25) is 10.0 Å². The van der Waals surface area contributed by atoms with Crippen LogP contribution in [0.15, 0.2) is 72.8 Å². The molecule has 1 aliphatic heterocycles. The Morgan fingerprint density at radius 1 is 0.968 bits per heavy atom. The van der Waals surface area contributed by atoms with E-state index in [1.165, 1.54) is 0 Å². The van der Waals surface area contributed by atoms with Gasteiger partial charge in [0.25, 0.3) is 0 Å². The first kappa shape index (κ1) is 21.7. The van der Waals surface area contributed by atoms with Crippen molar-refractivity contribution in [1.82, 2.24) is 4.90 Å². The SMILES string of the molecule is Cc1ccc(N2CCN(C(=O)[C@H](C)c3ccccc3)CC2c2ccc(Cl)cc2)c(Cl)c1. The standard InChI is InChI=1S/C26H26Cl2N2O/c1-18-8-13-24(23(28)16-18)30-15-14-29(17-25(30)21-9-11-22(27)12-10-21)26(31)19(2)20-6-4-3-5-7-20/h3-13,16,19,25H,14-15,17H2,1-2H3/t19-,25?/m1/s1. The highest BCUT2D eigenvalue weighted by molar-refractivity contribution is 6.33. The van der Waals surface area contributed by atoms with Crippen LogP contribution in [0.1, 0.15) is 35.6 Å². The first-order valence-corrected chi connectivity index (χ1v) is 11.3. The first-order valence-electron chi connectivity index (χ1n) is 10.6. The van der Waals surface area contributed by atoms with Gasteiger partial charge in [-0.25, -0.2) is 0 Å². The third kappa shape index (κ3) is 4.73. The van der Waals surface area contributed by atoms with Gasteiger partial charge >= 0.3 is 0 Å². The lowest BCUT2D eigenvalue weighted by Gasteiger charge is -2.44. The molecule has 2 atom stereocenters. The Kier molecular flexibility index (Phi) is 6.54. The van der Waals surface area contributed by atoms with Crippen LogP contribution in [0.4, 0.5) is 5.69 Å². The Morgan fingerprint density at radius 3 is 2.35 bits per heavy atom. The fourth-order valence-electron chi connectivity index (χ4n) is 4.24. The molecule has 1 amide bonds. The van der Waals surface area contributed by atoms with Crippen molar-refractivity contribution in [2.45, 2.75) is 25.8 Å². The summed E-state index contributed by atoms with van der Waals surface area (Å²) in [7, 11) is 0. The molecule has 160 valence electrons. The van der Waals surface area contributed by atoms with E-state index in [0.717, 1.165) is 27.4 Å². The molecule has 4 rings (SSSR count). The minimum Gasteiger partial charge on any atom is -0.360 e. The molecule has 0 aromatic heterocycles. The summed E-state index contributed by atoms with van der Waals surface area (Å²) in [5.74, 6) is -0.0265. The predicted molar refractivity (Wildman–Crippen MR) is 129 cm³/mol. The molecule has 0 N–H and O–H groups in total. The maximum absolute atomic E-state index is 13.3. The van der Waals surface area contributed by atoms with Crippen LogP contribution in [0.25, 0.3) is 0 Å². The Hall–Kier alpha value is -2.49. The molecule has 31 heavy (non-hydrogen) atoms. The maximum atomic E-state index is 13.3. The molecule has 3 aromatic rings. The number of nitrogens with zero attached hydrogens (tertiary/aromatic N) is 2. The van der Waals surface area contributed by atoms with Crippen LogP contribution in [-0.2, 0) is 4.79 Å². The number of halogens is 2. The summed E-state index contributed by atoms with van der Waals surface area (Å²) in [6.07, 6.45) is 0. The Labute approximate surface area is 194 Å². The van der Waals surface area contributed by atoms with E-state index in [0.29, 0.717) is 24.7 Å². The number of carbonyl (C=O) groups is 1. The van der Waals surface area contributed by atoms with Crippen molar-refractivity contribution in [3.63, 3.8) is 0 Å². The summed E-state index contributed by atoms with van der Waals surface area (Å²) in [6, 6.07) is 24.0. The maximum Gasteiger partial charge on any atom is 0.229 e. The van der Waals surface area contributed by atoms with Crippen LogP contribution >= 0.6 is 23.2 Å². The van der Waals surface area contributed by atoms with E-state index in [9.17, 15) is 4.79 Å². The highest BCUT2D eigenvalue weighted by Crippen LogP contribution is 2.36. The van der Waals surface area contributed by atoms with Crippen molar-refractivity contribution in [3.8, 4) is 0 Å². The van der Waals surface area contributed by atoms with Crippen molar-refractivity contribution in [2.24, 2.45) is 0 Å². The van der Waals surface area contributed by atoms with Crippen molar-refractivity contribution in [3.05, 3.63) is 99.5 Å². The molecule has 1 fully saturated rings. The van der Waals surface area contributed by atoms with Gasteiger partial charge in [-0.3, -0.25) is 4.79 Å². The van der Waals surface area contributed by atoms with Crippen molar-refractivity contribution < 1.29 is 4.79 Å². The van der Waals surface area contributed by atoms with Gasteiger partial charge < -0.3 is 9.80 Å². The van der Waals surface area contributed by atoms with Gasteiger partial charge in [0.05, 0.1) is 22.7 Å². The number of benzene rings is 3. The number of piperazine rings is 1. The van der Waals surface area contributed by atoms with Crippen LogP contribution in [0.3, 0.4) is 0 Å². The fourth-order valence-corrected chi connectivity index (χ4v) is 4.71. The van der Waals surface area contributed by atoms with Gasteiger partial charge in [-0.2, -0.15) is 0 Å². The van der Waals surface area contributed by atoms with Gasteiger partial charge in [0.15, 0.2) is 0 Å². The summed E-state index contributed by atoms with van der Waals surface area (Å²) in [5.41, 5.74) is 4.28. The third-order valence-corrected chi connectivity index (χ3v) is 6.58. The molecular formula is C26H26Cl2N2O. The number of carbonyl (C=O) groups excluding carboxylic acids is 1. The normalized spacial score (nSPS) is 17.5. The minimum absolute atomic E-state index is 0.00172. The Balaban J connectivity index is 1.64. The molecule has 5 heteroatoms. The molecule has 1 saturated heterocycles. The van der Waals surface area contributed by atoms with Gasteiger partial charge in [0.1, 0.15) is 0 Å². The van der Waals surface area contributed by atoms with E-state index >= 15 is 0 Å². The van der Waals surface area contributed by atoms with E-state index in [4.69, 9.17) is 23.2 Å². The molecule has 0 spiro atoms. The number of aryl methyl sites for hydroxylation is 1. The Morgan fingerprint density at radius 2 is 1.68 bits per heavy atom. The number of hydrogen-bond acceptors (Lipinski definition) is 2. The molecule has 0 saturated carbocycles. The van der Waals surface area contributed by atoms with Crippen LogP contribution in [0.5, 0.6) is 0 Å². The van der Waals surface area contributed by atoms with E-state index in [1.54, 1.807) is 0 Å². The molecule has 0 radical (unpaired) electrons. The van der Waals surface area contributed by atoms with Gasteiger partial charge in [0, 0.05) is 24.7 Å². The quantitative estimate of drug-likeness (QED) is 0.451. The van der Waals surface area contributed by atoms with Crippen molar-refractivity contribution in [2.75, 3.05) is 24.5 Å². The average molecular weight is 453 g/mol. The summed E-state index contributed by atoms with van der Waals surface area (Å²) >= 11 is 12.8. The average Bonchev–Trinajstić information content (AvgIpc) is 2.79. The molecule has 1 heterocycles. The summed E-state index contributed by atoms with van der Waals surface area (Å²) in [5, 5.41) is 1.43. The highest BCUT2D eigenvalue weighted by atomic mass is 35.5. The molecule has 1 aliphatic rings. The van der Waals surface area contributed by atoms with Gasteiger partial charge in [-0.15, -0.1) is 0 Å². The van der Waals surface area contributed by atoms with E-state index in [1.807, 2.05) is 79.4 Å². The minimum atomic E-state index is -0.179. The monoisotopic (exact) mass is 452 g/mol. The van der Waals surface area contributed by atoms with E-state index in [-0.39, 0.29) is 17.9 Å². The zero-order chi connectivity index (χ0) is 22.0. The first-order chi connectivity index (χ1) is 14.9. The van der Waals surface area contributed by atoms with Crippen LogP contribution in [0, 0.1) is 6.92 Å². The largest absolute Gasteiger partial charge is 0.360 e. The molecule has 0 aliphatic carbocycles. The van der Waals surface area contributed by atoms with Gasteiger partial charge in [-0.1, -0.05) is 71.7 Å². The molecule has 3 aromatic carbocycles. The number of hydrogen-bond donors (Lipinski definition) is 0. The molecular weight excluding hydrogens is 427 g/mol. The second-order valence-electron chi connectivity index (χ2n) is 8.13. The smallest absolute Gasteiger partial charge is 0.229 e. The zero-order valence-corrected chi connectivity index (χ0v) is 19.3. The Bertz CT molecular complexity index is 1050. The van der Waals surface area contributed by atoms with Gasteiger partial charge in [-0.05, 0) is 54.8 Å². The summed E-state index contributed by atoms with van der Waals surface area (Å²) < 4.78 is 0. The second kappa shape index (κ2) is 9.33. The molecule has 0 bridgehead atoms. The number of anilines is 1. The second-order valence-corrected chi connectivity index (χ2v) is 8.98. The summed E-state index contributed by atoms with van der Waals surface area (Å²) in [6.45, 7) is 5.99. The fraction of sp³-hybridized carbons (Fsp3) is 0.269. The van der Waals surface area contributed by atoms with Crippen molar-refractivity contribution in [1.29, 1.82) is 0 Å². The van der Waals surface area contributed by atoms with Crippen LogP contribution in [-0.4, -0.2) is 30.4 Å². The zero-order valence-electron chi connectivity index (χ0n) is 17.8. The van der Waals surface area contributed by atoms with E-state index < -0.39 is 0 Å². The third-order valence-electron chi connectivity index (χ3n) is 6.03. The molecule has 3 nitrogen and oxygen atoms in total. The summed E-state index contributed by atoms with van der Waals surface area (Å²) in [4.78, 5) is 17.6. The number of rotatable bonds is 4.